The summed E-state index contributed by atoms with van der Waals surface area (Å²) in [5.41, 5.74) is 1.33. The molecular weight excluding hydrogens is 318 g/mol. The first kappa shape index (κ1) is 13.0. The van der Waals surface area contributed by atoms with Crippen LogP contribution in [0, 0.1) is 0 Å². The van der Waals surface area contributed by atoms with Crippen LogP contribution in [0.15, 0.2) is 22.7 Å². The number of rotatable bonds is 2. The third kappa shape index (κ3) is 2.27. The van der Waals surface area contributed by atoms with Gasteiger partial charge in [0.25, 0.3) is 0 Å². The minimum atomic E-state index is -2.60. The fourth-order valence-corrected chi connectivity index (χ4v) is 3.07. The molecule has 19 heavy (non-hydrogen) atoms. The molecule has 1 unspecified atom stereocenters. The van der Waals surface area contributed by atoms with Crippen LogP contribution in [0.4, 0.5) is 8.78 Å². The molecule has 0 aliphatic heterocycles. The molecule has 1 fully saturated rings. The van der Waals surface area contributed by atoms with Crippen molar-refractivity contribution < 1.29 is 13.9 Å². The highest BCUT2D eigenvalue weighted by atomic mass is 79.9. The van der Waals surface area contributed by atoms with Crippen molar-refractivity contribution in [1.82, 2.24) is 9.78 Å². The number of fused-ring (bicyclic) bond motifs is 1. The van der Waals surface area contributed by atoms with Crippen molar-refractivity contribution in [3.63, 3.8) is 0 Å². The molecule has 0 saturated heterocycles. The molecule has 0 spiro atoms. The number of aliphatic hydroxyl groups excluding tert-OH is 1. The minimum absolute atomic E-state index is 0.0932. The van der Waals surface area contributed by atoms with Crippen molar-refractivity contribution >= 4 is 26.8 Å². The lowest BCUT2D eigenvalue weighted by Crippen LogP contribution is -2.13. The van der Waals surface area contributed by atoms with Gasteiger partial charge in [0.1, 0.15) is 0 Å². The van der Waals surface area contributed by atoms with Gasteiger partial charge in [-0.25, -0.2) is 8.78 Å². The topological polar surface area (TPSA) is 38.1 Å². The fraction of sp³-hybridized carbons (Fsp3) is 0.462. The second-order valence-electron chi connectivity index (χ2n) is 4.96. The van der Waals surface area contributed by atoms with Crippen molar-refractivity contribution in [2.45, 2.75) is 37.8 Å². The van der Waals surface area contributed by atoms with Crippen molar-refractivity contribution in [2.24, 2.45) is 0 Å². The Morgan fingerprint density at radius 1 is 1.47 bits per heavy atom. The monoisotopic (exact) mass is 330 g/mol. The van der Waals surface area contributed by atoms with E-state index in [-0.39, 0.29) is 25.5 Å². The maximum atomic E-state index is 13.3. The number of aliphatic hydroxyl groups is 1. The molecule has 6 heteroatoms. The van der Waals surface area contributed by atoms with Crippen LogP contribution in [0.25, 0.3) is 10.9 Å². The Morgan fingerprint density at radius 2 is 2.26 bits per heavy atom. The lowest BCUT2D eigenvalue weighted by molar-refractivity contribution is 0.00533. The summed E-state index contributed by atoms with van der Waals surface area (Å²) in [5.74, 6) is -2.60. The van der Waals surface area contributed by atoms with Crippen LogP contribution < -0.4 is 0 Å². The summed E-state index contributed by atoms with van der Waals surface area (Å²) >= 11 is 3.37. The molecule has 0 bridgehead atoms. The van der Waals surface area contributed by atoms with Gasteiger partial charge >= 0.3 is 0 Å². The third-order valence-corrected chi connectivity index (χ3v) is 4.11. The number of alkyl halides is 2. The molecule has 0 radical (unpaired) electrons. The first-order valence-electron chi connectivity index (χ1n) is 6.15. The first-order valence-corrected chi connectivity index (χ1v) is 6.95. The maximum absolute atomic E-state index is 13.3. The Hall–Kier alpha value is -1.01. The molecular formula is C13H13BrF2N2O. The van der Waals surface area contributed by atoms with E-state index < -0.39 is 5.92 Å². The number of halogens is 3. The summed E-state index contributed by atoms with van der Waals surface area (Å²) in [5, 5.41) is 14.5. The lowest BCUT2D eigenvalue weighted by atomic mass is 10.2. The van der Waals surface area contributed by atoms with Gasteiger partial charge in [0.2, 0.25) is 5.92 Å². The quantitative estimate of drug-likeness (QED) is 0.912. The van der Waals surface area contributed by atoms with Gasteiger partial charge in [-0.1, -0.05) is 15.9 Å². The number of hydrogen-bond acceptors (Lipinski definition) is 2. The summed E-state index contributed by atoms with van der Waals surface area (Å²) in [4.78, 5) is 0. The zero-order chi connectivity index (χ0) is 13.6. The maximum Gasteiger partial charge on any atom is 0.250 e. The molecule has 1 atom stereocenters. The smallest absolute Gasteiger partial charge is 0.250 e. The molecule has 0 amide bonds. The minimum Gasteiger partial charge on any atom is -0.390 e. The fourth-order valence-electron chi connectivity index (χ4n) is 2.71. The molecule has 1 N–H and O–H groups in total. The Kier molecular flexibility index (Phi) is 3.09. The van der Waals surface area contributed by atoms with Gasteiger partial charge in [-0.2, -0.15) is 5.10 Å². The molecule has 1 aliphatic rings. The highest BCUT2D eigenvalue weighted by Gasteiger charge is 2.41. The van der Waals surface area contributed by atoms with Crippen LogP contribution >= 0.6 is 15.9 Å². The van der Waals surface area contributed by atoms with Gasteiger partial charge in [0, 0.05) is 22.7 Å². The molecule has 3 rings (SSSR count). The average molecular weight is 331 g/mol. The van der Waals surface area contributed by atoms with E-state index in [0.717, 1.165) is 15.4 Å². The van der Waals surface area contributed by atoms with Crippen molar-refractivity contribution in [3.05, 3.63) is 28.4 Å². The van der Waals surface area contributed by atoms with Gasteiger partial charge in [-0.3, -0.25) is 4.68 Å². The van der Waals surface area contributed by atoms with Crippen molar-refractivity contribution in [3.8, 4) is 0 Å². The SMILES string of the molecule is OCc1nn(C2CCC(F)(F)C2)c2ccc(Br)cc12. The van der Waals surface area contributed by atoms with Gasteiger partial charge in [-0.15, -0.1) is 0 Å². The molecule has 1 aliphatic carbocycles. The van der Waals surface area contributed by atoms with Crippen molar-refractivity contribution in [2.75, 3.05) is 0 Å². The molecule has 1 saturated carbocycles. The highest BCUT2D eigenvalue weighted by Crippen LogP contribution is 2.42. The normalized spacial score (nSPS) is 22.2. The summed E-state index contributed by atoms with van der Waals surface area (Å²) in [6.45, 7) is -0.191. The average Bonchev–Trinajstić information content (AvgIpc) is 2.89. The van der Waals surface area contributed by atoms with E-state index in [1.807, 2.05) is 18.2 Å². The largest absolute Gasteiger partial charge is 0.390 e. The molecule has 1 aromatic heterocycles. The van der Waals surface area contributed by atoms with Crippen molar-refractivity contribution in [1.29, 1.82) is 0 Å². The van der Waals surface area contributed by atoms with Crippen LogP contribution in [-0.2, 0) is 6.61 Å². The summed E-state index contributed by atoms with van der Waals surface area (Å²) in [6, 6.07) is 5.27. The van der Waals surface area contributed by atoms with E-state index in [1.165, 1.54) is 0 Å². The number of aromatic nitrogens is 2. The van der Waals surface area contributed by atoms with Gasteiger partial charge in [0.15, 0.2) is 0 Å². The molecule has 102 valence electrons. The Morgan fingerprint density at radius 3 is 2.89 bits per heavy atom. The number of nitrogens with zero attached hydrogens (tertiary/aromatic N) is 2. The van der Waals surface area contributed by atoms with Crippen LogP contribution in [-0.4, -0.2) is 20.8 Å². The molecule has 3 nitrogen and oxygen atoms in total. The first-order chi connectivity index (χ1) is 9.00. The van der Waals surface area contributed by atoms with E-state index in [2.05, 4.69) is 21.0 Å². The third-order valence-electron chi connectivity index (χ3n) is 3.62. The summed E-state index contributed by atoms with van der Waals surface area (Å²) in [7, 11) is 0. The van der Waals surface area contributed by atoms with E-state index in [1.54, 1.807) is 4.68 Å². The predicted octanol–water partition coefficient (Wildman–Crippen LogP) is 3.65. The Labute approximate surface area is 117 Å². The number of benzene rings is 1. The summed E-state index contributed by atoms with van der Waals surface area (Å²) in [6.07, 6.45) is 0.152. The second-order valence-corrected chi connectivity index (χ2v) is 5.88. The Balaban J connectivity index is 2.09. The van der Waals surface area contributed by atoms with Crippen LogP contribution in [0.2, 0.25) is 0 Å². The van der Waals surface area contributed by atoms with Gasteiger partial charge < -0.3 is 5.11 Å². The predicted molar refractivity (Wildman–Crippen MR) is 71.2 cm³/mol. The van der Waals surface area contributed by atoms with Crippen LogP contribution in [0.3, 0.4) is 0 Å². The Bertz CT molecular complexity index is 626. The van der Waals surface area contributed by atoms with E-state index in [4.69, 9.17) is 0 Å². The molecule has 1 aromatic carbocycles. The molecule has 2 aromatic rings. The van der Waals surface area contributed by atoms with Crippen LogP contribution in [0.1, 0.15) is 31.0 Å². The van der Waals surface area contributed by atoms with Crippen LogP contribution in [0.5, 0.6) is 0 Å². The van der Waals surface area contributed by atoms with E-state index in [9.17, 15) is 13.9 Å². The zero-order valence-corrected chi connectivity index (χ0v) is 11.7. The highest BCUT2D eigenvalue weighted by molar-refractivity contribution is 9.10. The summed E-state index contributed by atoms with van der Waals surface area (Å²) < 4.78 is 29.2. The zero-order valence-electron chi connectivity index (χ0n) is 10.1. The molecule has 1 heterocycles. The van der Waals surface area contributed by atoms with E-state index in [0.29, 0.717) is 12.1 Å². The van der Waals surface area contributed by atoms with E-state index >= 15 is 0 Å². The van der Waals surface area contributed by atoms with Gasteiger partial charge in [-0.05, 0) is 24.6 Å². The standard InChI is InChI=1S/C13H13BrF2N2O/c14-8-1-2-12-10(5-8)11(7-19)17-18(12)9-3-4-13(15,16)6-9/h1-2,5,9,19H,3-4,6-7H2. The second kappa shape index (κ2) is 4.52. The number of hydrogen-bond donors (Lipinski definition) is 1. The lowest BCUT2D eigenvalue weighted by Gasteiger charge is -2.12. The van der Waals surface area contributed by atoms with Gasteiger partial charge in [0.05, 0.1) is 23.9 Å².